The molecule has 0 aliphatic carbocycles. The minimum absolute atomic E-state index is 0.0169. The Bertz CT molecular complexity index is 1100. The third-order valence-electron chi connectivity index (χ3n) is 4.25. The van der Waals surface area contributed by atoms with Crippen molar-refractivity contribution >= 4 is 38.6 Å². The SMILES string of the molecule is COc1ccc(Br)cc1Cc1nccc2cc(OC)c(OCCF)cc12.O=C(O)C(=O)O. The first-order valence-corrected chi connectivity index (χ1v) is 10.0. The van der Waals surface area contributed by atoms with Crippen molar-refractivity contribution in [3.8, 4) is 17.2 Å². The topological polar surface area (TPSA) is 115 Å². The van der Waals surface area contributed by atoms with Crippen LogP contribution < -0.4 is 14.2 Å². The molecule has 2 aromatic carbocycles. The monoisotopic (exact) mass is 509 g/mol. The molecule has 8 nitrogen and oxygen atoms in total. The van der Waals surface area contributed by atoms with E-state index < -0.39 is 18.6 Å². The second-order valence-corrected chi connectivity index (χ2v) is 7.18. The standard InChI is InChI=1S/C20H19BrFNO3.C2H2O4/c1-24-18-4-3-15(21)9-14(18)10-17-16-12-20(26-8-6-22)19(25-2)11-13(16)5-7-23-17;3-1(4)2(5)6/h3-5,7,9,11-12H,6,8,10H2,1-2H3;(H,3,4)(H,5,6). The van der Waals surface area contributed by atoms with Crippen LogP contribution in [0.3, 0.4) is 0 Å². The molecule has 0 unspecified atom stereocenters. The van der Waals surface area contributed by atoms with Crippen molar-refractivity contribution in [2.24, 2.45) is 0 Å². The number of fused-ring (bicyclic) bond motifs is 1. The Kier molecular flexibility index (Phi) is 9.21. The summed E-state index contributed by atoms with van der Waals surface area (Å²) in [5.41, 5.74) is 1.90. The summed E-state index contributed by atoms with van der Waals surface area (Å²) >= 11 is 3.50. The molecular weight excluding hydrogens is 489 g/mol. The van der Waals surface area contributed by atoms with Crippen molar-refractivity contribution in [2.75, 3.05) is 27.5 Å². The summed E-state index contributed by atoms with van der Waals surface area (Å²) in [5, 5.41) is 16.7. The van der Waals surface area contributed by atoms with Gasteiger partial charge < -0.3 is 24.4 Å². The van der Waals surface area contributed by atoms with Crippen LogP contribution in [0.15, 0.2) is 47.1 Å². The van der Waals surface area contributed by atoms with Crippen LogP contribution >= 0.6 is 15.9 Å². The molecular formula is C22H21BrFNO7. The normalized spacial score (nSPS) is 10.1. The summed E-state index contributed by atoms with van der Waals surface area (Å²) < 4.78 is 29.8. The molecule has 10 heteroatoms. The van der Waals surface area contributed by atoms with E-state index >= 15 is 0 Å². The quantitative estimate of drug-likeness (QED) is 0.457. The Labute approximate surface area is 191 Å². The predicted molar refractivity (Wildman–Crippen MR) is 119 cm³/mol. The number of hydrogen-bond acceptors (Lipinski definition) is 6. The summed E-state index contributed by atoms with van der Waals surface area (Å²) in [6.07, 6.45) is 2.36. The van der Waals surface area contributed by atoms with Gasteiger partial charge in [-0.05, 0) is 41.8 Å². The number of ether oxygens (including phenoxy) is 3. The van der Waals surface area contributed by atoms with Crippen LogP contribution in [0.5, 0.6) is 17.2 Å². The Morgan fingerprint density at radius 3 is 2.28 bits per heavy atom. The number of benzene rings is 2. The van der Waals surface area contributed by atoms with E-state index in [0.717, 1.165) is 32.3 Å². The minimum Gasteiger partial charge on any atom is -0.496 e. The Morgan fingerprint density at radius 1 is 1.00 bits per heavy atom. The molecule has 0 aliphatic heterocycles. The van der Waals surface area contributed by atoms with Crippen molar-refractivity contribution in [1.82, 2.24) is 4.98 Å². The van der Waals surface area contributed by atoms with E-state index in [0.29, 0.717) is 17.9 Å². The van der Waals surface area contributed by atoms with Gasteiger partial charge in [-0.3, -0.25) is 4.98 Å². The van der Waals surface area contributed by atoms with Gasteiger partial charge in [-0.25, -0.2) is 14.0 Å². The van der Waals surface area contributed by atoms with Gasteiger partial charge in [0.15, 0.2) is 11.5 Å². The molecule has 0 saturated heterocycles. The zero-order valence-electron chi connectivity index (χ0n) is 17.3. The largest absolute Gasteiger partial charge is 0.496 e. The number of carboxylic acids is 2. The minimum atomic E-state index is -1.82. The van der Waals surface area contributed by atoms with E-state index in [2.05, 4.69) is 20.9 Å². The zero-order valence-corrected chi connectivity index (χ0v) is 18.9. The van der Waals surface area contributed by atoms with Crippen molar-refractivity contribution in [2.45, 2.75) is 6.42 Å². The summed E-state index contributed by atoms with van der Waals surface area (Å²) in [7, 11) is 3.22. The molecule has 1 aromatic heterocycles. The number of nitrogens with zero attached hydrogens (tertiary/aromatic N) is 1. The molecule has 2 N–H and O–H groups in total. The van der Waals surface area contributed by atoms with E-state index in [1.54, 1.807) is 20.4 Å². The van der Waals surface area contributed by atoms with Crippen molar-refractivity contribution in [3.63, 3.8) is 0 Å². The van der Waals surface area contributed by atoms with Gasteiger partial charge in [-0.15, -0.1) is 0 Å². The number of methoxy groups -OCH3 is 2. The highest BCUT2D eigenvalue weighted by Gasteiger charge is 2.13. The molecule has 0 saturated carbocycles. The lowest BCUT2D eigenvalue weighted by atomic mass is 10.0. The van der Waals surface area contributed by atoms with Crippen LogP contribution in [0, 0.1) is 0 Å². The van der Waals surface area contributed by atoms with E-state index in [1.165, 1.54) is 0 Å². The number of halogens is 2. The van der Waals surface area contributed by atoms with Gasteiger partial charge in [0.05, 0.1) is 19.9 Å². The third kappa shape index (κ3) is 6.55. The first-order valence-electron chi connectivity index (χ1n) is 9.23. The first-order chi connectivity index (χ1) is 15.3. The molecule has 0 spiro atoms. The maximum absolute atomic E-state index is 12.5. The molecule has 0 aliphatic rings. The lowest BCUT2D eigenvalue weighted by molar-refractivity contribution is -0.159. The zero-order chi connectivity index (χ0) is 23.7. The van der Waals surface area contributed by atoms with Gasteiger partial charge >= 0.3 is 11.9 Å². The van der Waals surface area contributed by atoms with E-state index in [4.69, 9.17) is 34.0 Å². The average molecular weight is 510 g/mol. The van der Waals surface area contributed by atoms with Crippen LogP contribution in [-0.2, 0) is 16.0 Å². The van der Waals surface area contributed by atoms with E-state index in [1.807, 2.05) is 36.4 Å². The summed E-state index contributed by atoms with van der Waals surface area (Å²) in [4.78, 5) is 22.7. The lowest BCUT2D eigenvalue weighted by Gasteiger charge is -2.14. The maximum atomic E-state index is 12.5. The van der Waals surface area contributed by atoms with Crippen molar-refractivity contribution in [3.05, 3.63) is 58.3 Å². The third-order valence-corrected chi connectivity index (χ3v) is 4.74. The smallest absolute Gasteiger partial charge is 0.414 e. The molecule has 3 aromatic rings. The molecule has 32 heavy (non-hydrogen) atoms. The number of carboxylic acid groups (broad SMARTS) is 2. The summed E-state index contributed by atoms with van der Waals surface area (Å²) in [6.45, 7) is -0.576. The Hall–Kier alpha value is -3.40. The van der Waals surface area contributed by atoms with Gasteiger partial charge in [-0.2, -0.15) is 0 Å². The fraction of sp³-hybridized carbons (Fsp3) is 0.227. The highest BCUT2D eigenvalue weighted by atomic mass is 79.9. The second kappa shape index (κ2) is 11.8. The Balaban J connectivity index is 0.000000534. The van der Waals surface area contributed by atoms with Crippen molar-refractivity contribution in [1.29, 1.82) is 0 Å². The van der Waals surface area contributed by atoms with E-state index in [-0.39, 0.29) is 6.61 Å². The number of pyridine rings is 1. The lowest BCUT2D eigenvalue weighted by Crippen LogP contribution is -2.09. The number of hydrogen-bond donors (Lipinski definition) is 2. The molecule has 0 bridgehead atoms. The molecule has 0 atom stereocenters. The van der Waals surface area contributed by atoms with Crippen LogP contribution in [0.4, 0.5) is 4.39 Å². The molecule has 1 heterocycles. The number of carbonyl (C=O) groups is 2. The highest BCUT2D eigenvalue weighted by Crippen LogP contribution is 2.35. The Morgan fingerprint density at radius 2 is 1.69 bits per heavy atom. The van der Waals surface area contributed by atoms with Gasteiger partial charge in [0, 0.05) is 28.0 Å². The fourth-order valence-electron chi connectivity index (χ4n) is 2.87. The molecule has 0 fully saturated rings. The molecule has 0 radical (unpaired) electrons. The van der Waals surface area contributed by atoms with Crippen LogP contribution in [0.1, 0.15) is 11.3 Å². The predicted octanol–water partition coefficient (Wildman–Crippen LogP) is 4.11. The fourth-order valence-corrected chi connectivity index (χ4v) is 3.28. The van der Waals surface area contributed by atoms with Gasteiger partial charge in [0.2, 0.25) is 0 Å². The first kappa shape index (κ1) is 24.9. The van der Waals surface area contributed by atoms with E-state index in [9.17, 15) is 4.39 Å². The van der Waals surface area contributed by atoms with Gasteiger partial charge in [-0.1, -0.05) is 15.9 Å². The van der Waals surface area contributed by atoms with Gasteiger partial charge in [0.1, 0.15) is 19.0 Å². The highest BCUT2D eigenvalue weighted by molar-refractivity contribution is 9.10. The van der Waals surface area contributed by atoms with Crippen molar-refractivity contribution < 1.29 is 38.4 Å². The van der Waals surface area contributed by atoms with Crippen LogP contribution in [-0.4, -0.2) is 54.6 Å². The number of rotatable bonds is 7. The number of aliphatic carboxylic acids is 2. The molecule has 170 valence electrons. The van der Waals surface area contributed by atoms with Gasteiger partial charge in [0.25, 0.3) is 0 Å². The van der Waals surface area contributed by atoms with Crippen LogP contribution in [0.2, 0.25) is 0 Å². The van der Waals surface area contributed by atoms with Crippen LogP contribution in [0.25, 0.3) is 10.8 Å². The maximum Gasteiger partial charge on any atom is 0.414 e. The molecule has 0 amide bonds. The summed E-state index contributed by atoms with van der Waals surface area (Å²) in [6, 6.07) is 11.5. The number of alkyl halides is 1. The number of aromatic nitrogens is 1. The summed E-state index contributed by atoms with van der Waals surface area (Å²) in [5.74, 6) is -1.77. The molecule has 3 rings (SSSR count). The second-order valence-electron chi connectivity index (χ2n) is 6.26. The average Bonchev–Trinajstić information content (AvgIpc) is 2.78.